The second-order valence-corrected chi connectivity index (χ2v) is 7.44. The molecule has 0 aliphatic heterocycles. The number of ketones is 1. The molecule has 28 heavy (non-hydrogen) atoms. The number of carbonyl (C=O) groups is 1. The van der Waals surface area contributed by atoms with E-state index >= 15 is 0 Å². The van der Waals surface area contributed by atoms with Crippen molar-refractivity contribution in [1.82, 2.24) is 4.98 Å². The predicted molar refractivity (Wildman–Crippen MR) is 117 cm³/mol. The molecule has 0 spiro atoms. The van der Waals surface area contributed by atoms with Crippen molar-refractivity contribution in [3.63, 3.8) is 0 Å². The van der Waals surface area contributed by atoms with Crippen LogP contribution in [0, 0.1) is 0 Å². The van der Waals surface area contributed by atoms with E-state index in [4.69, 9.17) is 4.74 Å². The molecule has 0 aliphatic rings. The quantitative estimate of drug-likeness (QED) is 0.284. The van der Waals surface area contributed by atoms with Crippen LogP contribution in [0.25, 0.3) is 22.2 Å². The summed E-state index contributed by atoms with van der Waals surface area (Å²) in [6.45, 7) is 2.24. The molecule has 0 atom stereocenters. The molecular formula is C25H31NO2. The monoisotopic (exact) mass is 377 g/mol. The maximum absolute atomic E-state index is 13.1. The number of rotatable bonds is 11. The van der Waals surface area contributed by atoms with Crippen LogP contribution in [0.2, 0.25) is 0 Å². The van der Waals surface area contributed by atoms with Gasteiger partial charge < -0.3 is 9.72 Å². The normalized spacial score (nSPS) is 11.1. The zero-order valence-electron chi connectivity index (χ0n) is 17.1. The zero-order valence-corrected chi connectivity index (χ0v) is 17.1. The van der Waals surface area contributed by atoms with Crippen LogP contribution >= 0.6 is 0 Å². The smallest absolute Gasteiger partial charge is 0.165 e. The van der Waals surface area contributed by atoms with E-state index in [1.807, 2.05) is 48.5 Å². The fourth-order valence-electron chi connectivity index (χ4n) is 3.77. The number of aromatic nitrogens is 1. The Morgan fingerprint density at radius 1 is 0.893 bits per heavy atom. The second kappa shape index (κ2) is 10.1. The summed E-state index contributed by atoms with van der Waals surface area (Å²) in [4.78, 5) is 16.6. The molecule has 2 aromatic carbocycles. The number of benzene rings is 2. The summed E-state index contributed by atoms with van der Waals surface area (Å²) in [5.74, 6) is 1.05. The first kappa shape index (κ1) is 20.2. The average Bonchev–Trinajstić information content (AvgIpc) is 3.12. The number of nitrogens with one attached hydrogen (secondary N) is 1. The van der Waals surface area contributed by atoms with Crippen LogP contribution in [-0.4, -0.2) is 17.9 Å². The fraction of sp³-hybridized carbons (Fsp3) is 0.400. The topological polar surface area (TPSA) is 42.1 Å². The number of para-hydroxylation sites is 1. The van der Waals surface area contributed by atoms with E-state index in [0.29, 0.717) is 6.42 Å². The number of unbranched alkanes of at least 4 members (excludes halogenated alkanes) is 6. The number of fused-ring (bicyclic) bond motifs is 1. The highest BCUT2D eigenvalue weighted by molar-refractivity contribution is 6.13. The van der Waals surface area contributed by atoms with Crippen molar-refractivity contribution in [2.24, 2.45) is 0 Å². The number of Topliss-reactive ketones (excluding diaryl/α,β-unsaturated/α-hetero) is 1. The average molecular weight is 378 g/mol. The molecule has 0 saturated heterocycles. The molecule has 3 rings (SSSR count). The molecule has 0 radical (unpaired) electrons. The first-order valence-electron chi connectivity index (χ1n) is 10.5. The van der Waals surface area contributed by atoms with Crippen LogP contribution in [0.3, 0.4) is 0 Å². The standard InChI is InChI=1S/C25H31NO2/c1-3-4-5-6-7-8-9-14-23(27)24-21-12-10-11-13-22(21)26-25(24)19-15-17-20(28-2)18-16-19/h10-13,15-18,26H,3-9,14H2,1-2H3. The van der Waals surface area contributed by atoms with Crippen LogP contribution in [0.15, 0.2) is 48.5 Å². The molecule has 1 aromatic heterocycles. The lowest BCUT2D eigenvalue weighted by Gasteiger charge is -2.06. The summed E-state index contributed by atoms with van der Waals surface area (Å²) in [6.07, 6.45) is 9.13. The van der Waals surface area contributed by atoms with Crippen LogP contribution in [0.1, 0.15) is 68.6 Å². The minimum absolute atomic E-state index is 0.233. The molecule has 0 aliphatic carbocycles. The van der Waals surface area contributed by atoms with Gasteiger partial charge in [0.25, 0.3) is 0 Å². The molecule has 1 N–H and O–H groups in total. The molecule has 0 fully saturated rings. The molecule has 3 heteroatoms. The number of carbonyl (C=O) groups excluding carboxylic acids is 1. The Morgan fingerprint density at radius 3 is 2.29 bits per heavy atom. The SMILES string of the molecule is CCCCCCCCCC(=O)c1c(-c2ccc(OC)cc2)[nH]c2ccccc12. The van der Waals surface area contributed by atoms with Crippen LogP contribution in [-0.2, 0) is 0 Å². The fourth-order valence-corrected chi connectivity index (χ4v) is 3.77. The summed E-state index contributed by atoms with van der Waals surface area (Å²) in [5, 5.41) is 1.02. The van der Waals surface area contributed by atoms with Crippen LogP contribution < -0.4 is 4.74 Å². The van der Waals surface area contributed by atoms with Gasteiger partial charge in [0, 0.05) is 17.3 Å². The number of ether oxygens (including phenoxy) is 1. The van der Waals surface area contributed by atoms with E-state index in [2.05, 4.69) is 11.9 Å². The molecule has 148 valence electrons. The second-order valence-electron chi connectivity index (χ2n) is 7.44. The summed E-state index contributed by atoms with van der Waals surface area (Å²) in [7, 11) is 1.66. The van der Waals surface area contributed by atoms with Gasteiger partial charge in [-0.3, -0.25) is 4.79 Å². The Kier molecular flexibility index (Phi) is 7.30. The van der Waals surface area contributed by atoms with E-state index in [9.17, 15) is 4.79 Å². The largest absolute Gasteiger partial charge is 0.497 e. The predicted octanol–water partition coefficient (Wildman–Crippen LogP) is 7.17. The minimum atomic E-state index is 0.233. The molecule has 0 unspecified atom stereocenters. The summed E-state index contributed by atoms with van der Waals surface area (Å²) >= 11 is 0. The lowest BCUT2D eigenvalue weighted by atomic mass is 9.98. The zero-order chi connectivity index (χ0) is 19.8. The number of H-pyrrole nitrogens is 1. The molecule has 3 nitrogen and oxygen atoms in total. The first-order valence-corrected chi connectivity index (χ1v) is 10.5. The van der Waals surface area contributed by atoms with Gasteiger partial charge in [0.2, 0.25) is 0 Å². The number of aromatic amines is 1. The highest BCUT2D eigenvalue weighted by atomic mass is 16.5. The Morgan fingerprint density at radius 2 is 1.57 bits per heavy atom. The highest BCUT2D eigenvalue weighted by Gasteiger charge is 2.19. The third-order valence-electron chi connectivity index (χ3n) is 5.37. The van der Waals surface area contributed by atoms with E-state index in [1.165, 1.54) is 32.1 Å². The van der Waals surface area contributed by atoms with Gasteiger partial charge >= 0.3 is 0 Å². The Labute approximate surface area is 168 Å². The summed E-state index contributed by atoms with van der Waals surface area (Å²) < 4.78 is 5.27. The van der Waals surface area contributed by atoms with E-state index in [0.717, 1.165) is 46.3 Å². The summed E-state index contributed by atoms with van der Waals surface area (Å²) in [6, 6.07) is 16.0. The lowest BCUT2D eigenvalue weighted by molar-refractivity contribution is 0.0981. The van der Waals surface area contributed by atoms with Gasteiger partial charge in [-0.2, -0.15) is 0 Å². The van der Waals surface area contributed by atoms with E-state index in [-0.39, 0.29) is 5.78 Å². The van der Waals surface area contributed by atoms with Crippen molar-refractivity contribution in [1.29, 1.82) is 0 Å². The van der Waals surface area contributed by atoms with Gasteiger partial charge in [0.1, 0.15) is 5.75 Å². The number of methoxy groups -OCH3 is 1. The Hall–Kier alpha value is -2.55. The first-order chi connectivity index (χ1) is 13.7. The molecule has 0 amide bonds. The van der Waals surface area contributed by atoms with Crippen LogP contribution in [0.5, 0.6) is 5.75 Å². The van der Waals surface area contributed by atoms with Crippen molar-refractivity contribution in [2.45, 2.75) is 58.3 Å². The summed E-state index contributed by atoms with van der Waals surface area (Å²) in [5.41, 5.74) is 3.76. The van der Waals surface area contributed by atoms with E-state index < -0.39 is 0 Å². The molecule has 0 bridgehead atoms. The molecule has 1 heterocycles. The van der Waals surface area contributed by atoms with Gasteiger partial charge in [-0.15, -0.1) is 0 Å². The van der Waals surface area contributed by atoms with Gasteiger partial charge in [-0.05, 0) is 42.3 Å². The highest BCUT2D eigenvalue weighted by Crippen LogP contribution is 2.32. The number of hydrogen-bond donors (Lipinski definition) is 1. The molecule has 3 aromatic rings. The molecular weight excluding hydrogens is 346 g/mol. The van der Waals surface area contributed by atoms with Crippen LogP contribution in [0.4, 0.5) is 0 Å². The minimum Gasteiger partial charge on any atom is -0.497 e. The van der Waals surface area contributed by atoms with Crippen molar-refractivity contribution in [3.8, 4) is 17.0 Å². The van der Waals surface area contributed by atoms with Crippen molar-refractivity contribution < 1.29 is 9.53 Å². The Bertz CT molecular complexity index is 893. The van der Waals surface area contributed by atoms with Crippen molar-refractivity contribution in [2.75, 3.05) is 7.11 Å². The third-order valence-corrected chi connectivity index (χ3v) is 5.37. The van der Waals surface area contributed by atoms with Gasteiger partial charge in [0.05, 0.1) is 18.4 Å². The van der Waals surface area contributed by atoms with E-state index in [1.54, 1.807) is 7.11 Å². The van der Waals surface area contributed by atoms with Gasteiger partial charge in [-0.25, -0.2) is 0 Å². The van der Waals surface area contributed by atoms with Crippen molar-refractivity contribution in [3.05, 3.63) is 54.1 Å². The maximum atomic E-state index is 13.1. The lowest BCUT2D eigenvalue weighted by Crippen LogP contribution is -2.00. The van der Waals surface area contributed by atoms with Crippen molar-refractivity contribution >= 4 is 16.7 Å². The third kappa shape index (κ3) is 4.83. The Balaban J connectivity index is 1.76. The molecule has 0 saturated carbocycles. The number of hydrogen-bond acceptors (Lipinski definition) is 2. The van der Waals surface area contributed by atoms with Gasteiger partial charge in [-0.1, -0.05) is 63.6 Å². The maximum Gasteiger partial charge on any atom is 0.165 e. The van der Waals surface area contributed by atoms with Gasteiger partial charge in [0.15, 0.2) is 5.78 Å².